The third kappa shape index (κ3) is 6.77. The minimum Gasteiger partial charge on any atom is -0.491 e. The number of aromatic nitrogens is 4. The average Bonchev–Trinajstić information content (AvgIpc) is 3.51. The fourth-order valence-corrected chi connectivity index (χ4v) is 5.86. The summed E-state index contributed by atoms with van der Waals surface area (Å²) < 4.78 is 5.45. The van der Waals surface area contributed by atoms with E-state index >= 15 is 0 Å². The molecule has 5 rings (SSSR count). The van der Waals surface area contributed by atoms with E-state index in [9.17, 15) is 14.4 Å². The summed E-state index contributed by atoms with van der Waals surface area (Å²) in [6, 6.07) is 12.5. The summed E-state index contributed by atoms with van der Waals surface area (Å²) in [4.78, 5) is 58.4. The van der Waals surface area contributed by atoms with Crippen molar-refractivity contribution in [2.75, 3.05) is 17.8 Å². The molecule has 4 N–H and O–H groups in total. The lowest BCUT2D eigenvalue weighted by atomic mass is 9.99. The highest BCUT2D eigenvalue weighted by atomic mass is 35.5. The topological polar surface area (TPSA) is 169 Å². The van der Waals surface area contributed by atoms with Crippen molar-refractivity contribution in [3.8, 4) is 17.0 Å². The van der Waals surface area contributed by atoms with Crippen molar-refractivity contribution in [2.24, 2.45) is 17.4 Å². The number of thioether (sulfide) groups is 1. The van der Waals surface area contributed by atoms with E-state index in [-0.39, 0.29) is 41.6 Å². The third-order valence-electron chi connectivity index (χ3n) is 7.36. The quantitative estimate of drug-likeness (QED) is 0.176. The Morgan fingerprint density at radius 1 is 1.13 bits per heavy atom. The first-order valence-corrected chi connectivity index (χ1v) is 16.3. The molecule has 2 unspecified atom stereocenters. The second-order valence-electron chi connectivity index (χ2n) is 11.2. The molecule has 240 valence electrons. The van der Waals surface area contributed by atoms with Crippen LogP contribution >= 0.6 is 23.4 Å². The monoisotopic (exact) mass is 663 g/mol. The molecule has 3 aromatic heterocycles. The van der Waals surface area contributed by atoms with Gasteiger partial charge in [0.05, 0.1) is 16.5 Å². The standard InChI is InChI=1S/C32H34ClN7O5S/c1-19(2)14-21(34)18-44-26-9-8-22-15-24(26)25-10-13-38-40(25)45-31(43)32(35,16-27(33)46-3)39(22)30(42)23-7-5-12-37-28(23)29(41)20-6-4-11-36-17-20/h4-13,15,17,19,21,27H,14,16,18,34-35H2,1-3H3/t21-,27?,32?/m0/s1. The Morgan fingerprint density at radius 2 is 1.91 bits per heavy atom. The van der Waals surface area contributed by atoms with Crippen LogP contribution < -0.4 is 25.9 Å². The van der Waals surface area contributed by atoms with Crippen LogP contribution in [0, 0.1) is 5.92 Å². The summed E-state index contributed by atoms with van der Waals surface area (Å²) in [7, 11) is 0. The van der Waals surface area contributed by atoms with Gasteiger partial charge in [0.2, 0.25) is 5.78 Å². The van der Waals surface area contributed by atoms with E-state index in [2.05, 4.69) is 28.9 Å². The lowest BCUT2D eigenvalue weighted by Crippen LogP contribution is -2.67. The van der Waals surface area contributed by atoms with Gasteiger partial charge in [-0.15, -0.1) is 28.5 Å². The minimum atomic E-state index is -2.16. The highest BCUT2D eigenvalue weighted by Gasteiger charge is 2.49. The molecule has 0 saturated heterocycles. The van der Waals surface area contributed by atoms with Gasteiger partial charge < -0.3 is 15.3 Å². The second-order valence-corrected chi connectivity index (χ2v) is 13.1. The Kier molecular flexibility index (Phi) is 10.1. The maximum Gasteiger partial charge on any atom is 0.375 e. The van der Waals surface area contributed by atoms with E-state index < -0.39 is 28.0 Å². The molecule has 1 amide bonds. The van der Waals surface area contributed by atoms with Gasteiger partial charge in [0.15, 0.2) is 5.66 Å². The van der Waals surface area contributed by atoms with E-state index in [0.717, 1.165) is 16.2 Å². The molecule has 1 aliphatic heterocycles. The number of pyridine rings is 2. The Bertz CT molecular complexity index is 1740. The molecule has 0 fully saturated rings. The van der Waals surface area contributed by atoms with Gasteiger partial charge >= 0.3 is 5.97 Å². The van der Waals surface area contributed by atoms with Gasteiger partial charge in [-0.05, 0) is 67.1 Å². The molecule has 0 spiro atoms. The molecule has 14 heteroatoms. The van der Waals surface area contributed by atoms with Crippen molar-refractivity contribution >= 4 is 46.7 Å². The molecule has 12 nitrogen and oxygen atoms in total. The zero-order valence-electron chi connectivity index (χ0n) is 25.5. The maximum absolute atomic E-state index is 14.7. The van der Waals surface area contributed by atoms with Crippen LogP contribution in [0.5, 0.6) is 5.75 Å². The number of ether oxygens (including phenoxy) is 1. The molecular weight excluding hydrogens is 630 g/mol. The largest absolute Gasteiger partial charge is 0.491 e. The van der Waals surface area contributed by atoms with Crippen LogP contribution in [0.15, 0.2) is 73.3 Å². The van der Waals surface area contributed by atoms with Crippen molar-refractivity contribution in [3.63, 3.8) is 0 Å². The molecular formula is C32H34ClN7O5S. The molecule has 2 bridgehead atoms. The summed E-state index contributed by atoms with van der Waals surface area (Å²) in [5, 5.41) is 4.18. The summed E-state index contributed by atoms with van der Waals surface area (Å²) in [6.07, 6.45) is 8.05. The number of hydrogen-bond acceptors (Lipinski definition) is 11. The van der Waals surface area contributed by atoms with Crippen molar-refractivity contribution in [1.82, 2.24) is 19.9 Å². The first-order valence-electron chi connectivity index (χ1n) is 14.5. The number of carbonyl (C=O) groups excluding carboxylic acids is 3. The molecule has 46 heavy (non-hydrogen) atoms. The Morgan fingerprint density at radius 3 is 2.63 bits per heavy atom. The van der Waals surface area contributed by atoms with Gasteiger partial charge in [-0.1, -0.05) is 18.7 Å². The normalized spacial score (nSPS) is 17.3. The van der Waals surface area contributed by atoms with Gasteiger partial charge in [-0.25, -0.2) is 4.79 Å². The highest BCUT2D eigenvalue weighted by molar-refractivity contribution is 8.00. The number of nitrogens with two attached hydrogens (primary N) is 2. The molecule has 4 heterocycles. The number of alkyl halides is 1. The van der Waals surface area contributed by atoms with Gasteiger partial charge in [0.25, 0.3) is 5.91 Å². The first kappa shape index (κ1) is 33.1. The van der Waals surface area contributed by atoms with Crippen molar-refractivity contribution in [2.45, 2.75) is 43.1 Å². The number of rotatable bonds is 11. The number of amides is 1. The van der Waals surface area contributed by atoms with Gasteiger partial charge in [0.1, 0.15) is 23.7 Å². The number of carbonyl (C=O) groups is 3. The van der Waals surface area contributed by atoms with E-state index in [0.29, 0.717) is 22.9 Å². The van der Waals surface area contributed by atoms with E-state index in [1.807, 2.05) is 0 Å². The summed E-state index contributed by atoms with van der Waals surface area (Å²) in [5.41, 5.74) is 12.1. The van der Waals surface area contributed by atoms with E-state index in [1.165, 1.54) is 48.7 Å². The van der Waals surface area contributed by atoms with E-state index in [4.69, 9.17) is 32.6 Å². The fourth-order valence-electron chi connectivity index (χ4n) is 5.20. The molecule has 1 aliphatic rings. The van der Waals surface area contributed by atoms with Gasteiger partial charge in [0, 0.05) is 47.9 Å². The molecule has 0 aliphatic carbocycles. The van der Waals surface area contributed by atoms with E-state index in [1.54, 1.807) is 42.7 Å². The molecule has 1 aromatic carbocycles. The smallest absolute Gasteiger partial charge is 0.375 e. The average molecular weight is 664 g/mol. The second kappa shape index (κ2) is 14.0. The number of ketones is 1. The lowest BCUT2D eigenvalue weighted by molar-refractivity contribution is -0.152. The van der Waals surface area contributed by atoms with Gasteiger partial charge in [-0.2, -0.15) is 0 Å². The predicted molar refractivity (Wildman–Crippen MR) is 176 cm³/mol. The van der Waals surface area contributed by atoms with Crippen LogP contribution in [0.25, 0.3) is 11.3 Å². The Labute approximate surface area is 275 Å². The number of anilines is 1. The minimum absolute atomic E-state index is 0.0900. The maximum atomic E-state index is 14.7. The summed E-state index contributed by atoms with van der Waals surface area (Å²) in [5.74, 6) is -1.51. The lowest BCUT2D eigenvalue weighted by Gasteiger charge is -2.39. The summed E-state index contributed by atoms with van der Waals surface area (Å²) in [6.45, 7) is 4.38. The highest BCUT2D eigenvalue weighted by Crippen LogP contribution is 2.39. The Balaban J connectivity index is 1.67. The third-order valence-corrected chi connectivity index (χ3v) is 8.73. The number of fused-ring (bicyclic) bond motifs is 4. The van der Waals surface area contributed by atoms with Crippen LogP contribution in [-0.4, -0.2) is 66.8 Å². The first-order chi connectivity index (χ1) is 22.0. The van der Waals surface area contributed by atoms with Crippen LogP contribution in [0.4, 0.5) is 5.69 Å². The van der Waals surface area contributed by atoms with Crippen LogP contribution in [0.2, 0.25) is 0 Å². The molecule has 0 radical (unpaired) electrons. The molecule has 3 atom stereocenters. The Hall–Kier alpha value is -4.30. The summed E-state index contributed by atoms with van der Waals surface area (Å²) >= 11 is 7.81. The number of halogens is 1. The number of hydrogen-bond donors (Lipinski definition) is 2. The van der Waals surface area contributed by atoms with Crippen molar-refractivity contribution < 1.29 is 24.0 Å². The predicted octanol–water partition coefficient (Wildman–Crippen LogP) is 3.91. The molecule has 0 saturated carbocycles. The number of benzene rings is 1. The van der Waals surface area contributed by atoms with Crippen molar-refractivity contribution in [3.05, 3.63) is 90.1 Å². The zero-order chi connectivity index (χ0) is 33.0. The SMILES string of the molecule is CSC(Cl)CC1(N)C(=O)On2nccc2-c2cc(ccc2OC[C@@H](N)CC(C)C)N1C(=O)c1cccnc1C(=O)c1cccnc1. The van der Waals surface area contributed by atoms with Crippen molar-refractivity contribution in [1.29, 1.82) is 0 Å². The fraction of sp³-hybridized carbons (Fsp3) is 0.312. The van der Waals surface area contributed by atoms with Crippen LogP contribution in [0.1, 0.15) is 53.1 Å². The number of nitrogens with zero attached hydrogens (tertiary/aromatic N) is 5. The molecule has 4 aromatic rings. The zero-order valence-corrected chi connectivity index (χ0v) is 27.1. The van der Waals surface area contributed by atoms with Crippen LogP contribution in [0.3, 0.4) is 0 Å². The van der Waals surface area contributed by atoms with Gasteiger partial charge in [-0.3, -0.25) is 30.2 Å². The van der Waals surface area contributed by atoms with Crippen LogP contribution in [-0.2, 0) is 4.79 Å².